The van der Waals surface area contributed by atoms with Crippen LogP contribution in [-0.4, -0.2) is 39.8 Å². The van der Waals surface area contributed by atoms with Crippen LogP contribution < -0.4 is 34.6 Å². The first-order chi connectivity index (χ1) is 19.2. The number of nitrogens with zero attached hydrogens (tertiary/aromatic N) is 4. The molecule has 0 atom stereocenters. The third-order valence-electron chi connectivity index (χ3n) is 8.24. The number of hydrogen-bond donors (Lipinski definition) is 0. The molecule has 208 valence electrons. The Bertz CT molecular complexity index is 1680. The van der Waals surface area contributed by atoms with Gasteiger partial charge in [0.1, 0.15) is 0 Å². The zero-order chi connectivity index (χ0) is 28.1. The second-order valence-corrected chi connectivity index (χ2v) is 10.5. The van der Waals surface area contributed by atoms with Crippen molar-refractivity contribution in [1.82, 2.24) is 14.1 Å². The van der Waals surface area contributed by atoms with Crippen LogP contribution in [0.5, 0.6) is 0 Å². The molecular formula is C30H29F2LiN4O4. The zero-order valence-electron chi connectivity index (χ0n) is 23.3. The number of fused-ring (bicyclic) bond motifs is 2. The van der Waals surface area contributed by atoms with Crippen LogP contribution in [-0.2, 0) is 25.3 Å². The summed E-state index contributed by atoms with van der Waals surface area (Å²) in [6.07, 6.45) is 1.78. The Morgan fingerprint density at radius 1 is 1.10 bits per heavy atom. The molecule has 11 heteroatoms. The van der Waals surface area contributed by atoms with E-state index in [2.05, 4.69) is 16.0 Å². The topological polar surface area (TPSA) is 92.4 Å². The summed E-state index contributed by atoms with van der Waals surface area (Å²) in [6.45, 7) is 1.96. The minimum absolute atomic E-state index is 0. The van der Waals surface area contributed by atoms with Gasteiger partial charge in [0, 0.05) is 62.6 Å². The summed E-state index contributed by atoms with van der Waals surface area (Å²) in [4.78, 5) is 30.0. The summed E-state index contributed by atoms with van der Waals surface area (Å²) in [7, 11) is 3.54. The van der Waals surface area contributed by atoms with E-state index in [1.807, 2.05) is 6.07 Å². The van der Waals surface area contributed by atoms with Gasteiger partial charge in [-0.1, -0.05) is 6.07 Å². The van der Waals surface area contributed by atoms with Crippen LogP contribution >= 0.6 is 0 Å². The van der Waals surface area contributed by atoms with Crippen molar-refractivity contribution < 1.29 is 42.3 Å². The number of carbonyl (C=O) groups is 1. The predicted molar refractivity (Wildman–Crippen MR) is 145 cm³/mol. The van der Waals surface area contributed by atoms with E-state index < -0.39 is 12.4 Å². The summed E-state index contributed by atoms with van der Waals surface area (Å²) < 4.78 is 37.8. The Hall–Kier alpha value is -3.45. The van der Waals surface area contributed by atoms with Crippen LogP contribution in [0.2, 0.25) is 0 Å². The number of alkyl halides is 2. The first-order valence-electron chi connectivity index (χ1n) is 13.4. The number of ether oxygens (including phenoxy) is 1. The summed E-state index contributed by atoms with van der Waals surface area (Å²) in [6, 6.07) is 10.2. The van der Waals surface area contributed by atoms with Gasteiger partial charge in [0.15, 0.2) is 0 Å². The van der Waals surface area contributed by atoms with Gasteiger partial charge >= 0.3 is 24.6 Å². The number of carboxylic acids is 1. The fraction of sp³-hybridized carbons (Fsp3) is 0.367. The van der Waals surface area contributed by atoms with Crippen molar-refractivity contribution in [2.75, 3.05) is 24.7 Å². The molecule has 2 aromatic heterocycles. The third kappa shape index (κ3) is 5.09. The monoisotopic (exact) mass is 554 g/mol. The van der Waals surface area contributed by atoms with Crippen molar-refractivity contribution in [3.63, 3.8) is 0 Å². The Kier molecular flexibility index (Phi) is 8.10. The summed E-state index contributed by atoms with van der Waals surface area (Å²) >= 11 is 0. The number of aromatic nitrogens is 3. The molecule has 2 aromatic carbocycles. The van der Waals surface area contributed by atoms with Crippen molar-refractivity contribution in [2.45, 2.75) is 38.0 Å². The molecule has 4 heterocycles. The number of carboxylic acid groups (broad SMARTS) is 1. The van der Waals surface area contributed by atoms with Crippen LogP contribution in [0, 0.1) is 0 Å². The molecule has 8 nitrogen and oxygen atoms in total. The molecule has 0 saturated carbocycles. The average molecular weight is 555 g/mol. The molecule has 1 fully saturated rings. The van der Waals surface area contributed by atoms with Gasteiger partial charge in [0.25, 0.3) is 6.43 Å². The standard InChI is InChI=1S/C30H30F2N4O4.Li/c1-34-26-14-20(13-22(17-7-10-40-11-8-17)27(26)35(2)30(34)39)36-9-3-4-18-12-21(23(28(31)32)15-25(18)36)19-5-6-24(29(37)38)33-16-19;/h5-6,12-17,28H,3-4,7-11H2,1-2H3,(H,37,38);/q;+1/p-1. The summed E-state index contributed by atoms with van der Waals surface area (Å²) in [5.74, 6) is -1.20. The van der Waals surface area contributed by atoms with Gasteiger partial charge < -0.3 is 19.5 Å². The second kappa shape index (κ2) is 11.4. The number of imidazole rings is 1. The molecule has 0 spiro atoms. The molecule has 2 aliphatic heterocycles. The van der Waals surface area contributed by atoms with Crippen molar-refractivity contribution >= 4 is 28.4 Å². The molecule has 0 N–H and O–H groups in total. The number of rotatable bonds is 5. The van der Waals surface area contributed by atoms with E-state index in [9.17, 15) is 23.5 Å². The van der Waals surface area contributed by atoms with Crippen LogP contribution in [0.3, 0.4) is 0 Å². The average Bonchev–Trinajstić information content (AvgIpc) is 3.19. The number of pyridine rings is 1. The predicted octanol–water partition coefficient (Wildman–Crippen LogP) is 1.22. The fourth-order valence-electron chi connectivity index (χ4n) is 6.17. The first-order valence-corrected chi connectivity index (χ1v) is 13.4. The van der Waals surface area contributed by atoms with Crippen molar-refractivity contribution in [3.05, 3.63) is 75.5 Å². The molecule has 6 rings (SSSR count). The Balaban J connectivity index is 0.00000337. The van der Waals surface area contributed by atoms with E-state index in [0.29, 0.717) is 43.0 Å². The van der Waals surface area contributed by atoms with Gasteiger partial charge in [0.2, 0.25) is 0 Å². The third-order valence-corrected chi connectivity index (χ3v) is 8.24. The number of carbonyl (C=O) groups excluding carboxylic acids is 1. The van der Waals surface area contributed by atoms with Gasteiger partial charge in [-0.15, -0.1) is 0 Å². The SMILES string of the molecule is Cn1c(=O)n(C)c2c(C3CCOCC3)cc(N3CCCc4cc(-c5ccc(C(=O)[O-])nc5)c(C(F)F)cc43)cc21.[Li+]. The molecule has 0 unspecified atom stereocenters. The van der Waals surface area contributed by atoms with E-state index in [0.717, 1.165) is 47.1 Å². The molecule has 41 heavy (non-hydrogen) atoms. The van der Waals surface area contributed by atoms with E-state index in [1.54, 1.807) is 35.4 Å². The Labute approximate surface area is 247 Å². The van der Waals surface area contributed by atoms with E-state index >= 15 is 0 Å². The van der Waals surface area contributed by atoms with Crippen LogP contribution in [0.1, 0.15) is 58.8 Å². The molecule has 0 amide bonds. The normalized spacial score (nSPS) is 15.7. The number of hydrogen-bond acceptors (Lipinski definition) is 6. The van der Waals surface area contributed by atoms with Gasteiger partial charge in [-0.2, -0.15) is 0 Å². The van der Waals surface area contributed by atoms with Crippen LogP contribution in [0.4, 0.5) is 20.2 Å². The van der Waals surface area contributed by atoms with Gasteiger partial charge in [-0.3, -0.25) is 14.1 Å². The Morgan fingerprint density at radius 3 is 2.51 bits per heavy atom. The van der Waals surface area contributed by atoms with Crippen LogP contribution in [0.25, 0.3) is 22.2 Å². The molecule has 0 radical (unpaired) electrons. The van der Waals surface area contributed by atoms with Gasteiger partial charge in [-0.25, -0.2) is 13.6 Å². The molecule has 4 aromatic rings. The fourth-order valence-corrected chi connectivity index (χ4v) is 6.17. The van der Waals surface area contributed by atoms with E-state index in [-0.39, 0.29) is 41.7 Å². The van der Waals surface area contributed by atoms with E-state index in [4.69, 9.17) is 4.74 Å². The smallest absolute Gasteiger partial charge is 0.543 e. The Morgan fingerprint density at radius 2 is 1.85 bits per heavy atom. The number of anilines is 2. The van der Waals surface area contributed by atoms with Crippen molar-refractivity contribution in [3.8, 4) is 11.1 Å². The second-order valence-electron chi connectivity index (χ2n) is 10.5. The van der Waals surface area contributed by atoms with Crippen molar-refractivity contribution in [1.29, 1.82) is 0 Å². The van der Waals surface area contributed by atoms with Crippen LogP contribution in [0.15, 0.2) is 47.4 Å². The maximum atomic E-state index is 14.4. The van der Waals surface area contributed by atoms with Gasteiger partial charge in [-0.05, 0) is 78.6 Å². The maximum absolute atomic E-state index is 14.4. The summed E-state index contributed by atoms with van der Waals surface area (Å²) in [5.41, 5.74) is 5.52. The minimum atomic E-state index is -2.75. The number of halogens is 2. The number of benzene rings is 2. The number of aromatic carboxylic acids is 1. The summed E-state index contributed by atoms with van der Waals surface area (Å²) in [5, 5.41) is 11.1. The molecular weight excluding hydrogens is 525 g/mol. The number of aryl methyl sites for hydroxylation is 3. The van der Waals surface area contributed by atoms with Gasteiger partial charge in [0.05, 0.1) is 22.7 Å². The molecule has 1 saturated heterocycles. The molecule has 2 aliphatic rings. The maximum Gasteiger partial charge on any atom is 1.00 e. The minimum Gasteiger partial charge on any atom is -0.543 e. The zero-order valence-corrected chi connectivity index (χ0v) is 23.3. The van der Waals surface area contributed by atoms with Crippen molar-refractivity contribution in [2.24, 2.45) is 14.1 Å². The largest absolute Gasteiger partial charge is 1.00 e. The molecule has 0 bridgehead atoms. The molecule has 0 aliphatic carbocycles. The first kappa shape index (κ1) is 29.1. The quantitative estimate of drug-likeness (QED) is 0.345. The van der Waals surface area contributed by atoms with E-state index in [1.165, 1.54) is 18.3 Å².